The third kappa shape index (κ3) is 5.35. The normalized spacial score (nSPS) is 12.5. The van der Waals surface area contributed by atoms with Gasteiger partial charge in [-0.25, -0.2) is 0 Å². The minimum absolute atomic E-state index is 0.237. The molecule has 1 aromatic rings. The summed E-state index contributed by atoms with van der Waals surface area (Å²) in [6.45, 7) is 3.40. The second-order valence-corrected chi connectivity index (χ2v) is 5.22. The van der Waals surface area contributed by atoms with Crippen LogP contribution in [0, 0.1) is 0 Å². The van der Waals surface area contributed by atoms with E-state index < -0.39 is 5.78 Å². The SMILES string of the molecule is C=CC(O)=C(N=Nc1ccc(Cl)cc1Cl)C(=O)C=CN(C)C. The Morgan fingerprint density at radius 3 is 2.59 bits per heavy atom. The lowest BCUT2D eigenvalue weighted by Crippen LogP contribution is -2.05. The summed E-state index contributed by atoms with van der Waals surface area (Å²) in [5.41, 5.74) is 0.0870. The smallest absolute Gasteiger partial charge is 0.211 e. The van der Waals surface area contributed by atoms with Crippen LogP contribution in [0.3, 0.4) is 0 Å². The van der Waals surface area contributed by atoms with Crippen LogP contribution in [0.25, 0.3) is 0 Å². The molecule has 1 N–H and O–H groups in total. The summed E-state index contributed by atoms with van der Waals surface area (Å²) < 4.78 is 0. The topological polar surface area (TPSA) is 65.3 Å². The predicted octanol–water partition coefficient (Wildman–Crippen LogP) is 4.68. The number of carbonyl (C=O) groups is 1. The van der Waals surface area contributed by atoms with Crippen LogP contribution in [0.15, 0.2) is 64.8 Å². The van der Waals surface area contributed by atoms with Gasteiger partial charge < -0.3 is 10.0 Å². The molecule has 7 heteroatoms. The van der Waals surface area contributed by atoms with Crippen LogP contribution >= 0.6 is 23.2 Å². The van der Waals surface area contributed by atoms with Gasteiger partial charge in [-0.3, -0.25) is 4.79 Å². The number of ketones is 1. The van der Waals surface area contributed by atoms with E-state index in [1.807, 2.05) is 0 Å². The van der Waals surface area contributed by atoms with E-state index in [-0.39, 0.29) is 16.5 Å². The third-order valence-corrected chi connectivity index (χ3v) is 2.90. The number of nitrogens with zero attached hydrogens (tertiary/aromatic N) is 3. The number of rotatable bonds is 6. The number of azo groups is 1. The molecule has 0 atom stereocenters. The lowest BCUT2D eigenvalue weighted by molar-refractivity contribution is -0.111. The van der Waals surface area contributed by atoms with E-state index in [1.165, 1.54) is 18.3 Å². The van der Waals surface area contributed by atoms with Crippen LogP contribution in [0.2, 0.25) is 10.0 Å². The molecule has 0 aliphatic carbocycles. The highest BCUT2D eigenvalue weighted by atomic mass is 35.5. The second-order valence-electron chi connectivity index (χ2n) is 4.38. The fourth-order valence-electron chi connectivity index (χ4n) is 1.29. The minimum Gasteiger partial charge on any atom is -0.505 e. The average molecular weight is 340 g/mol. The minimum atomic E-state index is -0.514. The monoisotopic (exact) mass is 339 g/mol. The van der Waals surface area contributed by atoms with E-state index >= 15 is 0 Å². The van der Waals surface area contributed by atoms with E-state index in [0.29, 0.717) is 10.7 Å². The van der Waals surface area contributed by atoms with Crippen molar-refractivity contribution in [3.63, 3.8) is 0 Å². The number of aliphatic hydroxyl groups is 1. The average Bonchev–Trinajstić information content (AvgIpc) is 2.46. The largest absolute Gasteiger partial charge is 0.505 e. The quantitative estimate of drug-likeness (QED) is 0.354. The van der Waals surface area contributed by atoms with Gasteiger partial charge in [-0.05, 0) is 24.3 Å². The van der Waals surface area contributed by atoms with Crippen LogP contribution < -0.4 is 0 Å². The first kappa shape index (κ1) is 17.9. The molecule has 22 heavy (non-hydrogen) atoms. The molecule has 0 unspecified atom stereocenters. The molecule has 0 bridgehead atoms. The predicted molar refractivity (Wildman–Crippen MR) is 88.7 cm³/mol. The van der Waals surface area contributed by atoms with Crippen molar-refractivity contribution >= 4 is 34.7 Å². The molecule has 0 radical (unpaired) electrons. The van der Waals surface area contributed by atoms with Gasteiger partial charge in [0.15, 0.2) is 5.70 Å². The highest BCUT2D eigenvalue weighted by Gasteiger charge is 2.11. The van der Waals surface area contributed by atoms with Gasteiger partial charge in [-0.1, -0.05) is 29.8 Å². The Balaban J connectivity index is 3.12. The number of aliphatic hydroxyl groups excluding tert-OH is 1. The van der Waals surface area contributed by atoms with Gasteiger partial charge in [0.2, 0.25) is 5.78 Å². The maximum atomic E-state index is 12.0. The summed E-state index contributed by atoms with van der Waals surface area (Å²) in [4.78, 5) is 13.7. The molecule has 0 aromatic heterocycles. The summed E-state index contributed by atoms with van der Waals surface area (Å²) >= 11 is 11.8. The van der Waals surface area contributed by atoms with Gasteiger partial charge in [-0.2, -0.15) is 0 Å². The summed E-state index contributed by atoms with van der Waals surface area (Å²) in [5, 5.41) is 18.1. The molecule has 0 heterocycles. The molecule has 0 fully saturated rings. The van der Waals surface area contributed by atoms with Crippen molar-refractivity contribution in [3.8, 4) is 0 Å². The second kappa shape index (κ2) is 8.36. The van der Waals surface area contributed by atoms with Crippen molar-refractivity contribution in [1.29, 1.82) is 0 Å². The van der Waals surface area contributed by atoms with Gasteiger partial charge in [0.1, 0.15) is 11.4 Å². The van der Waals surface area contributed by atoms with E-state index in [1.54, 1.807) is 31.1 Å². The molecule has 1 rings (SSSR count). The number of allylic oxidation sites excluding steroid dienone is 2. The first-order valence-electron chi connectivity index (χ1n) is 6.16. The zero-order chi connectivity index (χ0) is 16.7. The Morgan fingerprint density at radius 2 is 2.05 bits per heavy atom. The number of benzene rings is 1. The number of hydrogen-bond acceptors (Lipinski definition) is 5. The maximum absolute atomic E-state index is 12.0. The number of hydrogen-bond donors (Lipinski definition) is 1. The van der Waals surface area contributed by atoms with Crippen molar-refractivity contribution in [2.24, 2.45) is 10.2 Å². The fourth-order valence-corrected chi connectivity index (χ4v) is 1.73. The first-order chi connectivity index (χ1) is 10.3. The van der Waals surface area contributed by atoms with Gasteiger partial charge in [0.05, 0.1) is 5.02 Å². The van der Waals surface area contributed by atoms with E-state index in [0.717, 1.165) is 6.08 Å². The highest BCUT2D eigenvalue weighted by molar-refractivity contribution is 6.36. The molecule has 1 aromatic carbocycles. The maximum Gasteiger partial charge on any atom is 0.211 e. The molecule has 0 saturated carbocycles. The third-order valence-electron chi connectivity index (χ3n) is 2.36. The Labute approximate surface area is 138 Å². The molecule has 0 aliphatic heterocycles. The van der Waals surface area contributed by atoms with Crippen molar-refractivity contribution in [1.82, 2.24) is 4.90 Å². The van der Waals surface area contributed by atoms with Crippen molar-refractivity contribution in [3.05, 3.63) is 64.6 Å². The van der Waals surface area contributed by atoms with Gasteiger partial charge >= 0.3 is 0 Å². The molecule has 0 spiro atoms. The van der Waals surface area contributed by atoms with Crippen LogP contribution in [-0.2, 0) is 4.79 Å². The Morgan fingerprint density at radius 1 is 1.36 bits per heavy atom. The molecule has 0 saturated heterocycles. The van der Waals surface area contributed by atoms with Crippen molar-refractivity contribution in [2.45, 2.75) is 0 Å². The molecule has 5 nitrogen and oxygen atoms in total. The first-order valence-corrected chi connectivity index (χ1v) is 6.92. The lowest BCUT2D eigenvalue weighted by Gasteiger charge is -2.03. The summed E-state index contributed by atoms with van der Waals surface area (Å²) in [6.07, 6.45) is 3.90. The van der Waals surface area contributed by atoms with Gasteiger partial charge in [0, 0.05) is 31.4 Å². The van der Waals surface area contributed by atoms with Crippen LogP contribution in [-0.4, -0.2) is 29.9 Å². The van der Waals surface area contributed by atoms with Crippen LogP contribution in [0.4, 0.5) is 5.69 Å². The molecule has 116 valence electrons. The molecular formula is C15H15Cl2N3O2. The van der Waals surface area contributed by atoms with E-state index in [2.05, 4.69) is 16.8 Å². The van der Waals surface area contributed by atoms with Gasteiger partial charge in [0.25, 0.3) is 0 Å². The van der Waals surface area contributed by atoms with Crippen molar-refractivity contribution < 1.29 is 9.90 Å². The Bertz CT molecular complexity index is 665. The zero-order valence-corrected chi connectivity index (χ0v) is 13.6. The number of halogens is 2. The molecular weight excluding hydrogens is 325 g/mol. The highest BCUT2D eigenvalue weighted by Crippen LogP contribution is 2.28. The Kier molecular flexibility index (Phi) is 6.82. The zero-order valence-electron chi connectivity index (χ0n) is 12.1. The summed E-state index contributed by atoms with van der Waals surface area (Å²) in [6, 6.07) is 4.64. The standard InChI is InChI=1S/C15H15Cl2N3O2/c1-4-13(21)15(14(22)7-8-20(2)3)19-18-12-6-5-10(16)9-11(12)17/h4-9,21H,1H2,2-3H3. The fraction of sp³-hybridized carbons (Fsp3) is 0.133. The summed E-state index contributed by atoms with van der Waals surface area (Å²) in [7, 11) is 3.52. The van der Waals surface area contributed by atoms with E-state index in [4.69, 9.17) is 23.2 Å². The number of carbonyl (C=O) groups excluding carboxylic acids is 1. The van der Waals surface area contributed by atoms with Gasteiger partial charge in [-0.15, -0.1) is 10.2 Å². The van der Waals surface area contributed by atoms with Crippen LogP contribution in [0.5, 0.6) is 0 Å². The summed E-state index contributed by atoms with van der Waals surface area (Å²) in [5.74, 6) is -0.887. The molecule has 0 aliphatic rings. The molecule has 0 amide bonds. The van der Waals surface area contributed by atoms with E-state index in [9.17, 15) is 9.90 Å². The van der Waals surface area contributed by atoms with Crippen molar-refractivity contribution in [2.75, 3.05) is 14.1 Å². The lowest BCUT2D eigenvalue weighted by atomic mass is 10.2. The van der Waals surface area contributed by atoms with Crippen LogP contribution in [0.1, 0.15) is 0 Å². The Hall–Kier alpha value is -2.11.